The van der Waals surface area contributed by atoms with Gasteiger partial charge < -0.3 is 24.4 Å². The van der Waals surface area contributed by atoms with Gasteiger partial charge in [-0.25, -0.2) is 0 Å². The van der Waals surface area contributed by atoms with Crippen molar-refractivity contribution in [2.75, 3.05) is 26.3 Å². The summed E-state index contributed by atoms with van der Waals surface area (Å²) in [6.07, 6.45) is 4.70. The van der Waals surface area contributed by atoms with Crippen LogP contribution in [0.15, 0.2) is 25.3 Å². The second kappa shape index (κ2) is 10.1. The largest absolute Gasteiger partial charge is 0.461 e. The molecule has 0 aromatic carbocycles. The van der Waals surface area contributed by atoms with E-state index in [1.165, 1.54) is 11.0 Å². The lowest BCUT2D eigenvalue weighted by atomic mass is 9.70. The van der Waals surface area contributed by atoms with E-state index in [0.717, 1.165) is 12.8 Å². The van der Waals surface area contributed by atoms with Gasteiger partial charge in [0, 0.05) is 24.0 Å². The highest BCUT2D eigenvalue weighted by Gasteiger charge is 2.77. The lowest BCUT2D eigenvalue weighted by Gasteiger charge is -2.39. The number of carbonyl (C=O) groups excluding carboxylic acids is 3. The molecule has 3 aliphatic rings. The summed E-state index contributed by atoms with van der Waals surface area (Å²) in [6.45, 7) is 11.4. The number of aliphatic hydroxyl groups is 1. The van der Waals surface area contributed by atoms with E-state index in [1.807, 2.05) is 6.92 Å². The Morgan fingerprint density at radius 3 is 2.75 bits per heavy atom. The Morgan fingerprint density at radius 2 is 2.16 bits per heavy atom. The number of hydrogen-bond acceptors (Lipinski definition) is 6. The van der Waals surface area contributed by atoms with Gasteiger partial charge in [-0.2, -0.15) is 0 Å². The number of carbonyl (C=O) groups is 3. The van der Waals surface area contributed by atoms with Gasteiger partial charge in [0.15, 0.2) is 0 Å². The van der Waals surface area contributed by atoms with Crippen molar-refractivity contribution in [3.05, 3.63) is 25.3 Å². The van der Waals surface area contributed by atoms with Crippen LogP contribution in [0.4, 0.5) is 0 Å². The molecule has 3 saturated heterocycles. The number of β-amino-alcohol motifs (C(OH)–C–C–N with tert-alkyl or cyclic N) is 1. The third kappa shape index (κ3) is 3.92. The predicted molar refractivity (Wildman–Crippen MR) is 122 cm³/mol. The molecule has 4 unspecified atom stereocenters. The average molecular weight is 513 g/mol. The summed E-state index contributed by atoms with van der Waals surface area (Å²) in [5, 5.41) is 9.67. The fourth-order valence-electron chi connectivity index (χ4n) is 5.62. The summed E-state index contributed by atoms with van der Waals surface area (Å²) in [6, 6.07) is -0.979. The Morgan fingerprint density at radius 1 is 1.44 bits per heavy atom. The standard InChI is InChI=1S/C23H33BrN2O6/c1-5-8-14(4)25(9-6-2)21(29)19-23-13-15(24)18(32-23)16(22(30)31-12-7-3)17(23)20(28)26(19)10-11-27/h6-7,14-19,27H,2-3,5,8-13H2,1,4H3/t14?,15?,16-,17+,18-,19?,23?/m1/s1. The van der Waals surface area contributed by atoms with Crippen LogP contribution in [0.25, 0.3) is 0 Å². The van der Waals surface area contributed by atoms with E-state index < -0.39 is 35.6 Å². The van der Waals surface area contributed by atoms with Gasteiger partial charge in [-0.15, -0.1) is 6.58 Å². The molecule has 3 aliphatic heterocycles. The van der Waals surface area contributed by atoms with Crippen LogP contribution < -0.4 is 0 Å². The first-order chi connectivity index (χ1) is 15.3. The molecule has 0 radical (unpaired) electrons. The fourth-order valence-corrected chi connectivity index (χ4v) is 6.56. The normalized spacial score (nSPS) is 33.7. The Balaban J connectivity index is 2.03. The molecule has 3 rings (SSSR count). The average Bonchev–Trinajstić information content (AvgIpc) is 3.34. The molecule has 2 amide bonds. The number of hydrogen-bond donors (Lipinski definition) is 1. The number of ether oxygens (including phenoxy) is 2. The molecule has 8 nitrogen and oxygen atoms in total. The molecule has 0 saturated carbocycles. The molecule has 3 fully saturated rings. The topological polar surface area (TPSA) is 96.4 Å². The Hall–Kier alpha value is -1.71. The zero-order valence-corrected chi connectivity index (χ0v) is 20.3. The first-order valence-corrected chi connectivity index (χ1v) is 12.1. The molecule has 2 bridgehead atoms. The predicted octanol–water partition coefficient (Wildman–Crippen LogP) is 1.66. The van der Waals surface area contributed by atoms with Crippen molar-refractivity contribution in [3.63, 3.8) is 0 Å². The van der Waals surface area contributed by atoms with Gasteiger partial charge in [-0.05, 0) is 19.8 Å². The van der Waals surface area contributed by atoms with Gasteiger partial charge in [0.2, 0.25) is 11.8 Å². The van der Waals surface area contributed by atoms with Crippen molar-refractivity contribution in [1.82, 2.24) is 9.80 Å². The molecule has 3 heterocycles. The first kappa shape index (κ1) is 24.9. The zero-order chi connectivity index (χ0) is 23.6. The highest BCUT2D eigenvalue weighted by Crippen LogP contribution is 2.60. The van der Waals surface area contributed by atoms with Crippen molar-refractivity contribution in [1.29, 1.82) is 0 Å². The lowest BCUT2D eigenvalue weighted by molar-refractivity contribution is -0.154. The summed E-state index contributed by atoms with van der Waals surface area (Å²) >= 11 is 3.61. The number of fused-ring (bicyclic) bond motifs is 1. The van der Waals surface area contributed by atoms with Crippen LogP contribution in [-0.2, 0) is 23.9 Å². The second-order valence-electron chi connectivity index (χ2n) is 8.75. The van der Waals surface area contributed by atoms with Gasteiger partial charge in [0.1, 0.15) is 18.2 Å². The number of amides is 2. The van der Waals surface area contributed by atoms with Gasteiger partial charge >= 0.3 is 5.97 Å². The smallest absolute Gasteiger partial charge is 0.312 e. The summed E-state index contributed by atoms with van der Waals surface area (Å²) < 4.78 is 11.7. The van der Waals surface area contributed by atoms with Crippen LogP contribution in [0.1, 0.15) is 33.1 Å². The quantitative estimate of drug-likeness (QED) is 0.257. The van der Waals surface area contributed by atoms with Crippen molar-refractivity contribution in [2.45, 2.75) is 61.7 Å². The monoisotopic (exact) mass is 512 g/mol. The summed E-state index contributed by atoms with van der Waals surface area (Å²) in [4.78, 5) is 43.3. The van der Waals surface area contributed by atoms with E-state index in [4.69, 9.17) is 9.47 Å². The van der Waals surface area contributed by atoms with Crippen molar-refractivity contribution < 1.29 is 29.0 Å². The van der Waals surface area contributed by atoms with Crippen molar-refractivity contribution >= 4 is 33.7 Å². The van der Waals surface area contributed by atoms with Crippen LogP contribution in [0.3, 0.4) is 0 Å². The highest BCUT2D eigenvalue weighted by atomic mass is 79.9. The number of likely N-dealkylation sites (tertiary alicyclic amines) is 1. The number of nitrogens with zero attached hydrogens (tertiary/aromatic N) is 2. The van der Waals surface area contributed by atoms with Gasteiger partial charge in [-0.3, -0.25) is 14.4 Å². The molecular weight excluding hydrogens is 480 g/mol. The molecule has 0 aromatic rings. The van der Waals surface area contributed by atoms with E-state index in [-0.39, 0.29) is 42.4 Å². The fraction of sp³-hybridized carbons (Fsp3) is 0.696. The number of alkyl halides is 1. The Labute approximate surface area is 197 Å². The van der Waals surface area contributed by atoms with Gasteiger partial charge in [0.05, 0.1) is 24.5 Å². The molecule has 1 N–H and O–H groups in total. The summed E-state index contributed by atoms with van der Waals surface area (Å²) in [7, 11) is 0. The van der Waals surface area contributed by atoms with Gasteiger partial charge in [0.25, 0.3) is 0 Å². The number of esters is 1. The molecule has 0 aliphatic carbocycles. The van der Waals surface area contributed by atoms with Crippen LogP contribution in [0.5, 0.6) is 0 Å². The third-order valence-corrected chi connectivity index (χ3v) is 7.67. The second-order valence-corrected chi connectivity index (χ2v) is 9.93. The van der Waals surface area contributed by atoms with Crippen LogP contribution in [0, 0.1) is 11.8 Å². The number of halogens is 1. The van der Waals surface area contributed by atoms with Crippen molar-refractivity contribution in [2.24, 2.45) is 11.8 Å². The maximum atomic E-state index is 13.9. The first-order valence-electron chi connectivity index (χ1n) is 11.2. The number of rotatable bonds is 11. The van der Waals surface area contributed by atoms with E-state index in [9.17, 15) is 19.5 Å². The van der Waals surface area contributed by atoms with Gasteiger partial charge in [-0.1, -0.05) is 48.0 Å². The van der Waals surface area contributed by atoms with E-state index in [0.29, 0.717) is 13.0 Å². The van der Waals surface area contributed by atoms with E-state index >= 15 is 0 Å². The maximum absolute atomic E-state index is 13.9. The molecule has 1 spiro atoms. The molecule has 9 heteroatoms. The maximum Gasteiger partial charge on any atom is 0.312 e. The molecule has 32 heavy (non-hydrogen) atoms. The van der Waals surface area contributed by atoms with E-state index in [1.54, 1.807) is 11.0 Å². The highest BCUT2D eigenvalue weighted by molar-refractivity contribution is 9.09. The Bertz CT molecular complexity index is 776. The lowest BCUT2D eigenvalue weighted by Crippen LogP contribution is -2.58. The van der Waals surface area contributed by atoms with E-state index in [2.05, 4.69) is 36.0 Å². The summed E-state index contributed by atoms with van der Waals surface area (Å²) in [5.74, 6) is -2.76. The van der Waals surface area contributed by atoms with Crippen LogP contribution in [-0.4, -0.2) is 87.6 Å². The molecule has 178 valence electrons. The summed E-state index contributed by atoms with van der Waals surface area (Å²) in [5.41, 5.74) is -1.15. The minimum absolute atomic E-state index is 0.00696. The zero-order valence-electron chi connectivity index (χ0n) is 18.7. The van der Waals surface area contributed by atoms with Crippen LogP contribution in [0.2, 0.25) is 0 Å². The molecule has 7 atom stereocenters. The minimum Gasteiger partial charge on any atom is -0.461 e. The SMILES string of the molecule is C=CCOC(=O)[C@H]1[C@@H]2OC3(CC2Br)C(C(=O)N(CC=C)C(C)CCC)N(CCO)C(=O)[C@H]13. The third-order valence-electron chi connectivity index (χ3n) is 6.83. The van der Waals surface area contributed by atoms with Crippen LogP contribution >= 0.6 is 15.9 Å². The Kier molecular flexibility index (Phi) is 7.83. The van der Waals surface area contributed by atoms with Crippen molar-refractivity contribution in [3.8, 4) is 0 Å². The minimum atomic E-state index is -1.15. The number of aliphatic hydroxyl groups excluding tert-OH is 1. The molecule has 0 aromatic heterocycles. The molecular formula is C23H33BrN2O6.